The number of nitrogens with one attached hydrogen (secondary N) is 3. The molecule has 1 heterocycles. The normalized spacial score (nSPS) is 12.0. The number of benzene rings is 1. The van der Waals surface area contributed by atoms with Crippen molar-refractivity contribution >= 4 is 17.3 Å². The van der Waals surface area contributed by atoms with E-state index in [1.54, 1.807) is 6.20 Å². The quantitative estimate of drug-likeness (QED) is 0.228. The third-order valence-corrected chi connectivity index (χ3v) is 3.64. The van der Waals surface area contributed by atoms with Gasteiger partial charge in [-0.15, -0.1) is 5.11 Å². The van der Waals surface area contributed by atoms with E-state index >= 15 is 0 Å². The lowest BCUT2D eigenvalue weighted by Crippen LogP contribution is -2.28. The topological polar surface area (TPSA) is 119 Å². The van der Waals surface area contributed by atoms with Crippen molar-refractivity contribution in [1.29, 1.82) is 5.53 Å². The molecule has 5 N–H and O–H groups in total. The number of nitrogens with zero attached hydrogens (tertiary/aromatic N) is 2. The molecule has 1 aromatic carbocycles. The lowest BCUT2D eigenvalue weighted by atomic mass is 9.82. The van der Waals surface area contributed by atoms with Gasteiger partial charge in [-0.25, -0.2) is 5.53 Å². The lowest BCUT2D eigenvalue weighted by molar-refractivity contribution is 0.697. The maximum Gasteiger partial charge on any atom is 0.183 e. The largest absolute Gasteiger partial charge is 0.348 e. The SMILES string of the molecule is Cc1cc(Nc2cc(=O)cc[nH]2)cc(C(C)(C)/C(N=N)=N/N)c1. The summed E-state index contributed by atoms with van der Waals surface area (Å²) in [7, 11) is 0. The van der Waals surface area contributed by atoms with Crippen molar-refractivity contribution in [3.63, 3.8) is 0 Å². The van der Waals surface area contributed by atoms with Crippen LogP contribution < -0.4 is 16.6 Å². The van der Waals surface area contributed by atoms with E-state index in [0.29, 0.717) is 5.82 Å². The summed E-state index contributed by atoms with van der Waals surface area (Å²) in [5.41, 5.74) is 9.30. The first kappa shape index (κ1) is 16.4. The summed E-state index contributed by atoms with van der Waals surface area (Å²) in [6, 6.07) is 8.82. The van der Waals surface area contributed by atoms with Gasteiger partial charge in [0, 0.05) is 24.0 Å². The smallest absolute Gasteiger partial charge is 0.183 e. The van der Waals surface area contributed by atoms with E-state index < -0.39 is 5.41 Å². The van der Waals surface area contributed by atoms with Gasteiger partial charge in [-0.05, 0) is 44.0 Å². The summed E-state index contributed by atoms with van der Waals surface area (Å²) in [6.07, 6.45) is 1.59. The van der Waals surface area contributed by atoms with Gasteiger partial charge in [0.15, 0.2) is 11.3 Å². The molecule has 1 aromatic heterocycles. The third kappa shape index (κ3) is 3.63. The van der Waals surface area contributed by atoms with Crippen LogP contribution >= 0.6 is 0 Å². The number of H-pyrrole nitrogens is 1. The standard InChI is InChI=1S/C16H20N6O/c1-10-6-11(16(2,3)15(21-17)22-18)8-12(7-10)20-14-9-13(23)4-5-19-14/h4-9,17H,18H2,1-3H3,(H2,19,20,23)/b21-17?,22-15-. The molecule has 0 saturated heterocycles. The molecule has 0 atom stereocenters. The molecule has 0 fully saturated rings. The monoisotopic (exact) mass is 312 g/mol. The predicted octanol–water partition coefficient (Wildman–Crippen LogP) is 3.01. The first-order chi connectivity index (χ1) is 10.9. The average Bonchev–Trinajstić information content (AvgIpc) is 2.47. The van der Waals surface area contributed by atoms with Crippen LogP contribution in [0, 0.1) is 12.5 Å². The first-order valence-corrected chi connectivity index (χ1v) is 7.10. The Labute approximate surface area is 134 Å². The third-order valence-electron chi connectivity index (χ3n) is 3.64. The van der Waals surface area contributed by atoms with Crippen LogP contribution in [0.5, 0.6) is 0 Å². The number of aromatic amines is 1. The zero-order chi connectivity index (χ0) is 17.0. The number of pyridine rings is 1. The Hall–Kier alpha value is -2.96. The molecule has 0 saturated carbocycles. The van der Waals surface area contributed by atoms with Crippen LogP contribution in [-0.2, 0) is 5.41 Å². The van der Waals surface area contributed by atoms with Crippen molar-refractivity contribution in [2.45, 2.75) is 26.2 Å². The maximum atomic E-state index is 11.4. The van der Waals surface area contributed by atoms with Crippen LogP contribution in [0.3, 0.4) is 0 Å². The molecule has 0 aliphatic carbocycles. The summed E-state index contributed by atoms with van der Waals surface area (Å²) < 4.78 is 0. The summed E-state index contributed by atoms with van der Waals surface area (Å²) in [5.74, 6) is 6.18. The number of aryl methyl sites for hydroxylation is 1. The molecule has 2 rings (SSSR count). The van der Waals surface area contributed by atoms with E-state index in [4.69, 9.17) is 11.4 Å². The Morgan fingerprint density at radius 3 is 2.65 bits per heavy atom. The van der Waals surface area contributed by atoms with Crippen LogP contribution in [0.15, 0.2) is 51.5 Å². The molecule has 0 aliphatic rings. The Balaban J connectivity index is 2.43. The van der Waals surface area contributed by atoms with Crippen LogP contribution in [-0.4, -0.2) is 10.8 Å². The van der Waals surface area contributed by atoms with E-state index in [1.165, 1.54) is 12.1 Å². The highest BCUT2D eigenvalue weighted by molar-refractivity contribution is 5.92. The van der Waals surface area contributed by atoms with Gasteiger partial charge in [-0.1, -0.05) is 6.07 Å². The molecule has 0 amide bonds. The van der Waals surface area contributed by atoms with E-state index in [-0.39, 0.29) is 11.3 Å². The number of anilines is 2. The Morgan fingerprint density at radius 2 is 2.04 bits per heavy atom. The molecular weight excluding hydrogens is 292 g/mol. The van der Waals surface area contributed by atoms with Crippen molar-refractivity contribution in [1.82, 2.24) is 4.98 Å². The molecule has 0 aliphatic heterocycles. The highest BCUT2D eigenvalue weighted by Gasteiger charge is 2.28. The molecule has 0 unspecified atom stereocenters. The van der Waals surface area contributed by atoms with Gasteiger partial charge in [0.1, 0.15) is 5.82 Å². The first-order valence-electron chi connectivity index (χ1n) is 7.10. The fourth-order valence-electron chi connectivity index (χ4n) is 2.35. The van der Waals surface area contributed by atoms with Crippen molar-refractivity contribution in [2.24, 2.45) is 16.1 Å². The predicted molar refractivity (Wildman–Crippen MR) is 91.3 cm³/mol. The minimum Gasteiger partial charge on any atom is -0.348 e. The second kappa shape index (κ2) is 6.43. The molecule has 7 nitrogen and oxygen atoms in total. The highest BCUT2D eigenvalue weighted by Crippen LogP contribution is 2.29. The number of hydrogen-bond acceptors (Lipinski definition) is 5. The van der Waals surface area contributed by atoms with E-state index in [9.17, 15) is 4.79 Å². The highest BCUT2D eigenvalue weighted by atomic mass is 16.1. The number of hydrazone groups is 1. The molecule has 2 aromatic rings. The second-order valence-corrected chi connectivity index (χ2v) is 5.84. The minimum absolute atomic E-state index is 0.0787. The summed E-state index contributed by atoms with van der Waals surface area (Å²) in [4.78, 5) is 14.4. The van der Waals surface area contributed by atoms with Gasteiger partial charge in [-0.2, -0.15) is 5.10 Å². The van der Waals surface area contributed by atoms with Crippen molar-refractivity contribution in [3.05, 3.63) is 57.9 Å². The molecule has 0 spiro atoms. The van der Waals surface area contributed by atoms with Gasteiger partial charge in [0.25, 0.3) is 0 Å². The number of nitrogens with two attached hydrogens (primary N) is 1. The number of amidine groups is 1. The van der Waals surface area contributed by atoms with E-state index in [0.717, 1.165) is 16.8 Å². The number of rotatable bonds is 4. The molecule has 0 radical (unpaired) electrons. The number of aromatic nitrogens is 1. The van der Waals surface area contributed by atoms with Crippen LogP contribution in [0.25, 0.3) is 0 Å². The fraction of sp³-hybridized carbons (Fsp3) is 0.250. The minimum atomic E-state index is -0.608. The lowest BCUT2D eigenvalue weighted by Gasteiger charge is -2.24. The summed E-state index contributed by atoms with van der Waals surface area (Å²) >= 11 is 0. The van der Waals surface area contributed by atoms with Crippen molar-refractivity contribution in [2.75, 3.05) is 5.32 Å². The maximum absolute atomic E-state index is 11.4. The van der Waals surface area contributed by atoms with Gasteiger partial charge < -0.3 is 16.1 Å². The van der Waals surface area contributed by atoms with Crippen LogP contribution in [0.1, 0.15) is 25.0 Å². The molecule has 23 heavy (non-hydrogen) atoms. The van der Waals surface area contributed by atoms with E-state index in [2.05, 4.69) is 20.5 Å². The van der Waals surface area contributed by atoms with Crippen molar-refractivity contribution < 1.29 is 0 Å². The molecule has 7 heteroatoms. The Kier molecular flexibility index (Phi) is 4.59. The molecular formula is C16H20N6O. The Bertz CT molecular complexity index is 806. The summed E-state index contributed by atoms with van der Waals surface area (Å²) in [5, 5.41) is 10.2. The van der Waals surface area contributed by atoms with Gasteiger partial charge >= 0.3 is 0 Å². The summed E-state index contributed by atoms with van der Waals surface area (Å²) in [6.45, 7) is 5.77. The van der Waals surface area contributed by atoms with Gasteiger partial charge in [-0.3, -0.25) is 4.79 Å². The van der Waals surface area contributed by atoms with Crippen molar-refractivity contribution in [3.8, 4) is 0 Å². The van der Waals surface area contributed by atoms with Crippen LogP contribution in [0.2, 0.25) is 0 Å². The van der Waals surface area contributed by atoms with Gasteiger partial charge in [0.05, 0.1) is 5.41 Å². The fourth-order valence-corrected chi connectivity index (χ4v) is 2.35. The van der Waals surface area contributed by atoms with Crippen LogP contribution in [0.4, 0.5) is 11.5 Å². The zero-order valence-electron chi connectivity index (χ0n) is 13.3. The molecule has 0 bridgehead atoms. The second-order valence-electron chi connectivity index (χ2n) is 5.84. The molecule has 120 valence electrons. The van der Waals surface area contributed by atoms with E-state index in [1.807, 2.05) is 39.0 Å². The average molecular weight is 312 g/mol. The van der Waals surface area contributed by atoms with Gasteiger partial charge in [0.2, 0.25) is 0 Å². The zero-order valence-corrected chi connectivity index (χ0v) is 13.3. The Morgan fingerprint density at radius 1 is 1.30 bits per heavy atom. The number of hydrogen-bond donors (Lipinski definition) is 4.